The summed E-state index contributed by atoms with van der Waals surface area (Å²) in [6.45, 7) is 5.62. The lowest BCUT2D eigenvalue weighted by Crippen LogP contribution is -2.14. The molecule has 26 heavy (non-hydrogen) atoms. The van der Waals surface area contributed by atoms with Crippen molar-refractivity contribution in [2.24, 2.45) is 0 Å². The van der Waals surface area contributed by atoms with Crippen molar-refractivity contribution in [1.82, 2.24) is 9.72 Å². The molecule has 3 rings (SSSR count). The number of nitrogens with one attached hydrogen (secondary N) is 1. The maximum Gasteiger partial charge on any atom is 0.257 e. The Bertz CT molecular complexity index is 956. The number of nitrogens with zero attached hydrogens (tertiary/aromatic N) is 2. The number of amides is 1. The molecule has 1 N–H and O–H groups in total. The third kappa shape index (κ3) is 3.15. The fraction of sp³-hybridized carbons (Fsp3) is 0.263. The van der Waals surface area contributed by atoms with Gasteiger partial charge in [-0.25, -0.2) is 0 Å². The quantitative estimate of drug-likeness (QED) is 0.756. The van der Waals surface area contributed by atoms with E-state index in [-0.39, 0.29) is 5.91 Å². The largest absolute Gasteiger partial charge is 0.497 e. The van der Waals surface area contributed by atoms with Crippen LogP contribution in [0.1, 0.15) is 27.5 Å². The van der Waals surface area contributed by atoms with Gasteiger partial charge in [0.1, 0.15) is 17.3 Å². The van der Waals surface area contributed by atoms with E-state index in [0.717, 1.165) is 11.4 Å². The molecule has 0 radical (unpaired) electrons. The molecule has 2 heterocycles. The Hall–Kier alpha value is -3.22. The van der Waals surface area contributed by atoms with Gasteiger partial charge in [0.05, 0.1) is 25.5 Å². The van der Waals surface area contributed by atoms with Gasteiger partial charge >= 0.3 is 0 Å². The minimum Gasteiger partial charge on any atom is -0.497 e. The van der Waals surface area contributed by atoms with Gasteiger partial charge in [0.25, 0.3) is 5.91 Å². The van der Waals surface area contributed by atoms with Gasteiger partial charge in [0.15, 0.2) is 5.82 Å². The molecule has 0 saturated heterocycles. The highest BCUT2D eigenvalue weighted by Crippen LogP contribution is 2.30. The molecule has 0 bridgehead atoms. The highest BCUT2D eigenvalue weighted by atomic mass is 16.5. The predicted molar refractivity (Wildman–Crippen MR) is 97.5 cm³/mol. The van der Waals surface area contributed by atoms with E-state index in [9.17, 15) is 4.79 Å². The van der Waals surface area contributed by atoms with E-state index in [1.807, 2.05) is 37.5 Å². The molecule has 3 aromatic rings. The Kier molecular flexibility index (Phi) is 4.71. The average molecular weight is 355 g/mol. The smallest absolute Gasteiger partial charge is 0.257 e. The minimum atomic E-state index is -0.229. The molecular formula is C19H21N3O4. The maximum absolute atomic E-state index is 12.8. The molecular weight excluding hydrogens is 334 g/mol. The number of aryl methyl sites for hydroxylation is 2. The number of ether oxygens (including phenoxy) is 2. The highest BCUT2D eigenvalue weighted by molar-refractivity contribution is 6.06. The molecule has 1 amide bonds. The Morgan fingerprint density at radius 2 is 1.88 bits per heavy atom. The SMILES string of the molecule is COc1ccc(NC(=O)c2cc(C)n(-c3cc(C)on3)c2C)c(OC)c1. The van der Waals surface area contributed by atoms with Gasteiger partial charge in [0.2, 0.25) is 0 Å². The maximum atomic E-state index is 12.8. The molecule has 7 nitrogen and oxygen atoms in total. The van der Waals surface area contributed by atoms with E-state index in [2.05, 4.69) is 10.5 Å². The molecule has 0 saturated carbocycles. The third-order valence-corrected chi connectivity index (χ3v) is 4.18. The first-order chi connectivity index (χ1) is 12.4. The van der Waals surface area contributed by atoms with E-state index in [1.54, 1.807) is 32.4 Å². The second-order valence-corrected chi connectivity index (χ2v) is 5.94. The zero-order valence-corrected chi connectivity index (χ0v) is 15.4. The van der Waals surface area contributed by atoms with Gasteiger partial charge < -0.3 is 19.3 Å². The molecule has 1 aromatic carbocycles. The topological polar surface area (TPSA) is 78.5 Å². The lowest BCUT2D eigenvalue weighted by molar-refractivity contribution is 0.102. The van der Waals surface area contributed by atoms with Crippen LogP contribution in [0.15, 0.2) is 34.9 Å². The van der Waals surface area contributed by atoms with Crippen LogP contribution in [-0.2, 0) is 0 Å². The van der Waals surface area contributed by atoms with E-state index in [4.69, 9.17) is 14.0 Å². The normalized spacial score (nSPS) is 10.7. The molecule has 7 heteroatoms. The van der Waals surface area contributed by atoms with Gasteiger partial charge in [-0.2, -0.15) is 0 Å². The number of methoxy groups -OCH3 is 2. The van der Waals surface area contributed by atoms with Crippen molar-refractivity contribution in [3.63, 3.8) is 0 Å². The predicted octanol–water partition coefficient (Wildman–Crippen LogP) is 3.66. The van der Waals surface area contributed by atoms with Gasteiger partial charge in [0, 0.05) is 23.5 Å². The first-order valence-corrected chi connectivity index (χ1v) is 8.10. The van der Waals surface area contributed by atoms with Crippen molar-refractivity contribution in [2.75, 3.05) is 19.5 Å². The second kappa shape index (κ2) is 6.95. The number of carbonyl (C=O) groups excluding carboxylic acids is 1. The molecule has 0 aliphatic carbocycles. The van der Waals surface area contributed by atoms with Gasteiger partial charge in [-0.15, -0.1) is 0 Å². The van der Waals surface area contributed by atoms with E-state index < -0.39 is 0 Å². The van der Waals surface area contributed by atoms with Crippen LogP contribution in [0, 0.1) is 20.8 Å². The number of rotatable bonds is 5. The summed E-state index contributed by atoms with van der Waals surface area (Å²) in [6.07, 6.45) is 0. The fourth-order valence-electron chi connectivity index (χ4n) is 2.90. The summed E-state index contributed by atoms with van der Waals surface area (Å²) in [7, 11) is 3.12. The molecule has 0 aliphatic rings. The average Bonchev–Trinajstić information content (AvgIpc) is 3.17. The third-order valence-electron chi connectivity index (χ3n) is 4.18. The van der Waals surface area contributed by atoms with Crippen molar-refractivity contribution < 1.29 is 18.8 Å². The Morgan fingerprint density at radius 1 is 1.12 bits per heavy atom. The first-order valence-electron chi connectivity index (χ1n) is 8.10. The summed E-state index contributed by atoms with van der Waals surface area (Å²) in [5.74, 6) is 2.31. The number of aromatic nitrogens is 2. The number of hydrogen-bond acceptors (Lipinski definition) is 5. The van der Waals surface area contributed by atoms with Crippen LogP contribution >= 0.6 is 0 Å². The number of hydrogen-bond donors (Lipinski definition) is 1. The second-order valence-electron chi connectivity index (χ2n) is 5.94. The van der Waals surface area contributed by atoms with Crippen LogP contribution in [-0.4, -0.2) is 29.9 Å². The number of anilines is 1. The molecule has 0 atom stereocenters. The van der Waals surface area contributed by atoms with Crippen LogP contribution in [0.2, 0.25) is 0 Å². The Morgan fingerprint density at radius 3 is 2.50 bits per heavy atom. The van der Waals surface area contributed by atoms with E-state index in [0.29, 0.717) is 34.3 Å². The minimum absolute atomic E-state index is 0.229. The van der Waals surface area contributed by atoms with Crippen molar-refractivity contribution in [3.05, 3.63) is 53.0 Å². The van der Waals surface area contributed by atoms with Crippen LogP contribution < -0.4 is 14.8 Å². The lowest BCUT2D eigenvalue weighted by Gasteiger charge is -2.12. The summed E-state index contributed by atoms with van der Waals surface area (Å²) in [4.78, 5) is 12.8. The first kappa shape index (κ1) is 17.6. The molecule has 0 aliphatic heterocycles. The van der Waals surface area contributed by atoms with Crippen molar-refractivity contribution in [2.45, 2.75) is 20.8 Å². The van der Waals surface area contributed by atoms with Gasteiger partial charge in [-0.3, -0.25) is 9.36 Å². The van der Waals surface area contributed by atoms with Crippen molar-refractivity contribution in [3.8, 4) is 17.3 Å². The summed E-state index contributed by atoms with van der Waals surface area (Å²) in [6, 6.07) is 8.88. The van der Waals surface area contributed by atoms with Crippen LogP contribution in [0.5, 0.6) is 11.5 Å². The van der Waals surface area contributed by atoms with E-state index in [1.165, 1.54) is 0 Å². The van der Waals surface area contributed by atoms with Crippen LogP contribution in [0.4, 0.5) is 5.69 Å². The van der Waals surface area contributed by atoms with Gasteiger partial charge in [-0.05, 0) is 39.0 Å². The Balaban J connectivity index is 1.92. The van der Waals surface area contributed by atoms with Crippen LogP contribution in [0.25, 0.3) is 5.82 Å². The standard InChI is InChI=1S/C19H21N3O4/c1-11-8-15(13(3)22(11)18-9-12(2)26-21-18)19(23)20-16-7-6-14(24-4)10-17(16)25-5/h6-10H,1-5H3,(H,20,23). The number of benzene rings is 1. The number of carbonyl (C=O) groups is 1. The molecule has 0 spiro atoms. The summed E-state index contributed by atoms with van der Waals surface area (Å²) < 4.78 is 17.5. The van der Waals surface area contributed by atoms with Crippen LogP contribution in [0.3, 0.4) is 0 Å². The summed E-state index contributed by atoms with van der Waals surface area (Å²) >= 11 is 0. The highest BCUT2D eigenvalue weighted by Gasteiger charge is 2.19. The molecule has 0 unspecified atom stereocenters. The zero-order chi connectivity index (χ0) is 18.8. The molecule has 2 aromatic heterocycles. The lowest BCUT2D eigenvalue weighted by atomic mass is 10.2. The zero-order valence-electron chi connectivity index (χ0n) is 15.4. The van der Waals surface area contributed by atoms with Crippen molar-refractivity contribution >= 4 is 11.6 Å². The summed E-state index contributed by atoms with van der Waals surface area (Å²) in [5.41, 5.74) is 2.80. The fourth-order valence-corrected chi connectivity index (χ4v) is 2.90. The molecule has 0 fully saturated rings. The monoisotopic (exact) mass is 355 g/mol. The van der Waals surface area contributed by atoms with Gasteiger partial charge in [-0.1, -0.05) is 5.16 Å². The molecule has 136 valence electrons. The Labute approximate surface area is 151 Å². The van der Waals surface area contributed by atoms with E-state index >= 15 is 0 Å². The van der Waals surface area contributed by atoms with Crippen molar-refractivity contribution in [1.29, 1.82) is 0 Å². The summed E-state index contributed by atoms with van der Waals surface area (Å²) in [5, 5.41) is 6.92.